The molecule has 0 saturated carbocycles. The van der Waals surface area contributed by atoms with Gasteiger partial charge < -0.3 is 9.64 Å². The molecule has 2 aliphatic rings. The predicted octanol–water partition coefficient (Wildman–Crippen LogP) is 2.59. The van der Waals surface area contributed by atoms with Gasteiger partial charge >= 0.3 is 0 Å². The number of nitrogens with zero attached hydrogens (tertiary/aromatic N) is 3. The van der Waals surface area contributed by atoms with Crippen LogP contribution >= 0.6 is 11.6 Å². The lowest BCUT2D eigenvalue weighted by atomic mass is 9.79. The van der Waals surface area contributed by atoms with E-state index in [-0.39, 0.29) is 11.3 Å². The Hall–Kier alpha value is -1.17. The molecule has 2 fully saturated rings. The van der Waals surface area contributed by atoms with E-state index in [1.165, 1.54) is 18.4 Å². The van der Waals surface area contributed by atoms with Crippen molar-refractivity contribution < 1.29 is 9.53 Å². The number of ether oxygens (including phenoxy) is 1. The smallest absolute Gasteiger partial charge is 0.224 e. The Balaban J connectivity index is 1.56. The molecule has 2 aliphatic heterocycles. The SMILES string of the molecule is COCCC(=O)N1CCC[C@]2(CCN(Cc3ccc(Cl)nc3)C2)C1. The molecule has 1 aromatic heterocycles. The Kier molecular flexibility index (Phi) is 5.74. The van der Waals surface area contributed by atoms with E-state index in [9.17, 15) is 4.79 Å². The molecule has 6 heteroatoms. The van der Waals surface area contributed by atoms with Crippen molar-refractivity contribution in [3.05, 3.63) is 29.0 Å². The number of hydrogen-bond donors (Lipinski definition) is 0. The fourth-order valence-electron chi connectivity index (χ4n) is 4.02. The van der Waals surface area contributed by atoms with E-state index in [2.05, 4.69) is 14.8 Å². The lowest BCUT2D eigenvalue weighted by Crippen LogP contribution is -2.47. The summed E-state index contributed by atoms with van der Waals surface area (Å²) in [6, 6.07) is 3.89. The first-order valence-corrected chi connectivity index (χ1v) is 9.08. The van der Waals surface area contributed by atoms with Crippen molar-refractivity contribution in [3.63, 3.8) is 0 Å². The Morgan fingerprint density at radius 2 is 2.21 bits per heavy atom. The molecule has 2 saturated heterocycles. The second-order valence-electron chi connectivity index (χ2n) is 7.11. The molecule has 132 valence electrons. The van der Waals surface area contributed by atoms with Crippen LogP contribution in [0, 0.1) is 5.41 Å². The Labute approximate surface area is 148 Å². The molecule has 0 radical (unpaired) electrons. The number of likely N-dealkylation sites (tertiary alicyclic amines) is 2. The van der Waals surface area contributed by atoms with Crippen LogP contribution in [0.3, 0.4) is 0 Å². The molecule has 3 heterocycles. The zero-order valence-electron chi connectivity index (χ0n) is 14.3. The lowest BCUT2D eigenvalue weighted by Gasteiger charge is -2.40. The standard InChI is InChI=1S/C18H26ClN3O2/c1-24-10-5-17(23)22-8-2-6-18(14-22)7-9-21(13-18)12-15-3-4-16(19)20-11-15/h3-4,11H,2,5-10,12-14H2,1H3/t18-/m1/s1. The van der Waals surface area contributed by atoms with Crippen molar-refractivity contribution in [1.29, 1.82) is 0 Å². The zero-order valence-corrected chi connectivity index (χ0v) is 15.1. The fraction of sp³-hybridized carbons (Fsp3) is 0.667. The maximum atomic E-state index is 12.3. The van der Waals surface area contributed by atoms with Crippen LogP contribution < -0.4 is 0 Å². The van der Waals surface area contributed by atoms with E-state index >= 15 is 0 Å². The van der Waals surface area contributed by atoms with E-state index < -0.39 is 0 Å². The van der Waals surface area contributed by atoms with Gasteiger partial charge in [0.2, 0.25) is 5.91 Å². The number of carbonyl (C=O) groups is 1. The van der Waals surface area contributed by atoms with Gasteiger partial charge in [0, 0.05) is 44.9 Å². The number of halogens is 1. The third-order valence-electron chi connectivity index (χ3n) is 5.25. The number of pyridine rings is 1. The van der Waals surface area contributed by atoms with E-state index in [0.717, 1.165) is 39.1 Å². The maximum absolute atomic E-state index is 12.3. The molecule has 3 rings (SSSR count). The summed E-state index contributed by atoms with van der Waals surface area (Å²) in [4.78, 5) is 21.0. The highest BCUT2D eigenvalue weighted by atomic mass is 35.5. The van der Waals surface area contributed by atoms with Crippen molar-refractivity contribution >= 4 is 17.5 Å². The molecule has 1 amide bonds. The van der Waals surface area contributed by atoms with Crippen LogP contribution in [-0.4, -0.2) is 60.6 Å². The lowest BCUT2D eigenvalue weighted by molar-refractivity contribution is -0.135. The summed E-state index contributed by atoms with van der Waals surface area (Å²) in [5, 5.41) is 0.536. The highest BCUT2D eigenvalue weighted by Gasteiger charge is 2.42. The zero-order chi connectivity index (χ0) is 17.0. The molecule has 0 aliphatic carbocycles. The Morgan fingerprint density at radius 3 is 2.96 bits per heavy atom. The molecule has 5 nitrogen and oxygen atoms in total. The Bertz CT molecular complexity index is 566. The summed E-state index contributed by atoms with van der Waals surface area (Å²) in [7, 11) is 1.64. The minimum absolute atomic E-state index is 0.233. The minimum atomic E-state index is 0.233. The van der Waals surface area contributed by atoms with Crippen LogP contribution in [0.1, 0.15) is 31.2 Å². The highest BCUT2D eigenvalue weighted by Crippen LogP contribution is 2.39. The largest absolute Gasteiger partial charge is 0.384 e. The molecule has 1 spiro atoms. The normalized spacial score (nSPS) is 24.7. The molecule has 0 bridgehead atoms. The van der Waals surface area contributed by atoms with Crippen LogP contribution in [0.2, 0.25) is 5.15 Å². The third-order valence-corrected chi connectivity index (χ3v) is 5.47. The van der Waals surface area contributed by atoms with Crippen LogP contribution in [0.5, 0.6) is 0 Å². The number of aromatic nitrogens is 1. The molecular weight excluding hydrogens is 326 g/mol. The number of amides is 1. The third kappa shape index (κ3) is 4.26. The quantitative estimate of drug-likeness (QED) is 0.765. The summed E-state index contributed by atoms with van der Waals surface area (Å²) in [6.07, 6.45) is 5.84. The highest BCUT2D eigenvalue weighted by molar-refractivity contribution is 6.29. The van der Waals surface area contributed by atoms with Crippen LogP contribution in [-0.2, 0) is 16.1 Å². The molecule has 0 N–H and O–H groups in total. The topological polar surface area (TPSA) is 45.7 Å². The van der Waals surface area contributed by atoms with Gasteiger partial charge in [0.25, 0.3) is 0 Å². The molecule has 1 aromatic rings. The number of methoxy groups -OCH3 is 1. The van der Waals surface area contributed by atoms with Crippen molar-refractivity contribution in [3.8, 4) is 0 Å². The minimum Gasteiger partial charge on any atom is -0.384 e. The van der Waals surface area contributed by atoms with Crippen LogP contribution in [0.15, 0.2) is 18.3 Å². The monoisotopic (exact) mass is 351 g/mol. The van der Waals surface area contributed by atoms with Crippen LogP contribution in [0.4, 0.5) is 0 Å². The number of rotatable bonds is 5. The number of piperidine rings is 1. The molecule has 0 aromatic carbocycles. The molecule has 0 unspecified atom stereocenters. The van der Waals surface area contributed by atoms with Gasteiger partial charge in [-0.15, -0.1) is 0 Å². The van der Waals surface area contributed by atoms with Gasteiger partial charge in [-0.1, -0.05) is 17.7 Å². The van der Waals surface area contributed by atoms with E-state index in [4.69, 9.17) is 16.3 Å². The van der Waals surface area contributed by atoms with Gasteiger partial charge in [-0.25, -0.2) is 4.98 Å². The first kappa shape index (κ1) is 17.6. The predicted molar refractivity (Wildman–Crippen MR) is 93.9 cm³/mol. The maximum Gasteiger partial charge on any atom is 0.224 e. The molecular formula is C18H26ClN3O2. The second kappa shape index (κ2) is 7.81. The van der Waals surface area contributed by atoms with Gasteiger partial charge in [0.1, 0.15) is 5.15 Å². The van der Waals surface area contributed by atoms with Gasteiger partial charge in [-0.05, 0) is 37.4 Å². The summed E-state index contributed by atoms with van der Waals surface area (Å²) >= 11 is 5.86. The molecule has 1 atom stereocenters. The fourth-order valence-corrected chi connectivity index (χ4v) is 4.13. The summed E-state index contributed by atoms with van der Waals surface area (Å²) in [5.41, 5.74) is 1.46. The first-order chi connectivity index (χ1) is 11.6. The van der Waals surface area contributed by atoms with Gasteiger partial charge in [0.15, 0.2) is 0 Å². The van der Waals surface area contributed by atoms with Gasteiger partial charge in [0.05, 0.1) is 13.0 Å². The Morgan fingerprint density at radius 1 is 1.33 bits per heavy atom. The van der Waals surface area contributed by atoms with Crippen molar-refractivity contribution in [2.24, 2.45) is 5.41 Å². The number of hydrogen-bond acceptors (Lipinski definition) is 4. The van der Waals surface area contributed by atoms with E-state index in [1.54, 1.807) is 7.11 Å². The van der Waals surface area contributed by atoms with Gasteiger partial charge in [-0.2, -0.15) is 0 Å². The van der Waals surface area contributed by atoms with Crippen molar-refractivity contribution in [1.82, 2.24) is 14.8 Å². The first-order valence-electron chi connectivity index (χ1n) is 8.70. The van der Waals surface area contributed by atoms with Crippen molar-refractivity contribution in [2.45, 2.75) is 32.2 Å². The van der Waals surface area contributed by atoms with Crippen molar-refractivity contribution in [2.75, 3.05) is 39.9 Å². The molecule has 24 heavy (non-hydrogen) atoms. The van der Waals surface area contributed by atoms with Gasteiger partial charge in [-0.3, -0.25) is 9.69 Å². The van der Waals surface area contributed by atoms with E-state index in [1.807, 2.05) is 18.3 Å². The van der Waals surface area contributed by atoms with Crippen LogP contribution in [0.25, 0.3) is 0 Å². The average molecular weight is 352 g/mol. The average Bonchev–Trinajstić information content (AvgIpc) is 2.96. The summed E-state index contributed by atoms with van der Waals surface area (Å²) in [5.74, 6) is 0.233. The summed E-state index contributed by atoms with van der Waals surface area (Å²) < 4.78 is 5.04. The second-order valence-corrected chi connectivity index (χ2v) is 7.50. The summed E-state index contributed by atoms with van der Waals surface area (Å²) in [6.45, 7) is 5.35. The number of carbonyl (C=O) groups excluding carboxylic acids is 1. The van der Waals surface area contributed by atoms with E-state index in [0.29, 0.717) is 18.2 Å².